The molecular weight excluding hydrogens is 254 g/mol. The fraction of sp³-hybridized carbons (Fsp3) is 0.500. The Morgan fingerprint density at radius 3 is 2.45 bits per heavy atom. The lowest BCUT2D eigenvalue weighted by Gasteiger charge is -2.52. The van der Waals surface area contributed by atoms with Crippen molar-refractivity contribution in [3.8, 4) is 0 Å². The van der Waals surface area contributed by atoms with Crippen LogP contribution in [0.2, 0.25) is 0 Å². The molecule has 1 N–H and O–H groups in total. The molecule has 1 saturated heterocycles. The molecule has 1 aliphatic carbocycles. The number of aryl methyl sites for hydroxylation is 1. The van der Waals surface area contributed by atoms with Gasteiger partial charge in [0.15, 0.2) is 0 Å². The normalized spacial score (nSPS) is 32.9. The Morgan fingerprint density at radius 2 is 1.85 bits per heavy atom. The molecule has 0 radical (unpaired) electrons. The van der Waals surface area contributed by atoms with Crippen molar-refractivity contribution in [1.29, 1.82) is 0 Å². The van der Waals surface area contributed by atoms with E-state index < -0.39 is 0 Å². The average Bonchev–Trinajstić information content (AvgIpc) is 2.36. The minimum Gasteiger partial charge on any atom is -0.381 e. The van der Waals surface area contributed by atoms with Crippen LogP contribution < -0.4 is 5.32 Å². The highest BCUT2D eigenvalue weighted by Crippen LogP contribution is 2.56. The molecule has 1 spiro atoms. The SMILES string of the molecule is COC1CC2(CC(=O)NC(=O)C2c2ccc(C)cc2)C1. The highest BCUT2D eigenvalue weighted by Gasteiger charge is 2.56. The minimum atomic E-state index is -0.255. The Morgan fingerprint density at radius 1 is 1.20 bits per heavy atom. The monoisotopic (exact) mass is 273 g/mol. The van der Waals surface area contributed by atoms with Gasteiger partial charge in [-0.05, 0) is 30.7 Å². The lowest BCUT2D eigenvalue weighted by atomic mass is 9.54. The van der Waals surface area contributed by atoms with E-state index >= 15 is 0 Å². The lowest BCUT2D eigenvalue weighted by molar-refractivity contribution is -0.151. The summed E-state index contributed by atoms with van der Waals surface area (Å²) in [6.07, 6.45) is 2.14. The van der Waals surface area contributed by atoms with E-state index in [1.54, 1.807) is 7.11 Å². The first-order valence-electron chi connectivity index (χ1n) is 6.97. The molecule has 3 rings (SSSR count). The minimum absolute atomic E-state index is 0.159. The van der Waals surface area contributed by atoms with Gasteiger partial charge in [-0.1, -0.05) is 29.8 Å². The zero-order valence-corrected chi connectivity index (χ0v) is 11.8. The molecule has 1 unspecified atom stereocenters. The third kappa shape index (κ3) is 2.04. The van der Waals surface area contributed by atoms with E-state index in [0.29, 0.717) is 6.42 Å². The quantitative estimate of drug-likeness (QED) is 0.838. The zero-order chi connectivity index (χ0) is 14.3. The third-order valence-corrected chi connectivity index (χ3v) is 4.66. The maximum Gasteiger partial charge on any atom is 0.234 e. The summed E-state index contributed by atoms with van der Waals surface area (Å²) in [4.78, 5) is 24.1. The van der Waals surface area contributed by atoms with Gasteiger partial charge in [-0.2, -0.15) is 0 Å². The number of benzene rings is 1. The molecular formula is C16H19NO3. The van der Waals surface area contributed by atoms with E-state index in [1.807, 2.05) is 31.2 Å². The number of amides is 2. The van der Waals surface area contributed by atoms with Crippen molar-refractivity contribution in [2.75, 3.05) is 7.11 Å². The number of piperidine rings is 1. The Kier molecular flexibility index (Phi) is 3.13. The predicted octanol–water partition coefficient (Wildman–Crippen LogP) is 1.92. The van der Waals surface area contributed by atoms with Gasteiger partial charge >= 0.3 is 0 Å². The summed E-state index contributed by atoms with van der Waals surface area (Å²) in [6, 6.07) is 8.02. The molecule has 0 aromatic heterocycles. The number of hydrogen-bond acceptors (Lipinski definition) is 3. The summed E-state index contributed by atoms with van der Waals surface area (Å²) in [5, 5.41) is 2.48. The first kappa shape index (κ1) is 13.3. The molecule has 4 nitrogen and oxygen atoms in total. The predicted molar refractivity (Wildman–Crippen MR) is 74.2 cm³/mol. The second-order valence-corrected chi connectivity index (χ2v) is 6.06. The summed E-state index contributed by atoms with van der Waals surface area (Å²) in [5.41, 5.74) is 1.91. The largest absolute Gasteiger partial charge is 0.381 e. The van der Waals surface area contributed by atoms with Crippen molar-refractivity contribution in [2.24, 2.45) is 5.41 Å². The molecule has 1 aliphatic heterocycles. The first-order valence-corrected chi connectivity index (χ1v) is 6.97. The number of ether oxygens (including phenoxy) is 1. The summed E-state index contributed by atoms with van der Waals surface area (Å²) >= 11 is 0. The Bertz CT molecular complexity index is 543. The maximum absolute atomic E-state index is 12.3. The standard InChI is InChI=1S/C16H19NO3/c1-10-3-5-11(6-4-10)14-15(19)17-13(18)9-16(14)7-12(8-16)20-2/h3-6,12,14H,7-9H2,1-2H3,(H,17,18,19). The average molecular weight is 273 g/mol. The second-order valence-electron chi connectivity index (χ2n) is 6.06. The molecule has 1 aromatic rings. The van der Waals surface area contributed by atoms with Crippen molar-refractivity contribution in [3.63, 3.8) is 0 Å². The van der Waals surface area contributed by atoms with Gasteiger partial charge in [-0.25, -0.2) is 0 Å². The van der Waals surface area contributed by atoms with Gasteiger partial charge in [0.25, 0.3) is 0 Å². The van der Waals surface area contributed by atoms with Gasteiger partial charge in [0.05, 0.1) is 12.0 Å². The number of methoxy groups -OCH3 is 1. The van der Waals surface area contributed by atoms with Crippen LogP contribution in [0.5, 0.6) is 0 Å². The summed E-state index contributed by atoms with van der Waals surface area (Å²) in [5.74, 6) is -0.570. The maximum atomic E-state index is 12.3. The molecule has 2 fully saturated rings. The highest BCUT2D eigenvalue weighted by atomic mass is 16.5. The Balaban J connectivity index is 1.94. The molecule has 2 aliphatic rings. The molecule has 0 bridgehead atoms. The van der Waals surface area contributed by atoms with Crippen molar-refractivity contribution in [2.45, 2.75) is 38.2 Å². The van der Waals surface area contributed by atoms with E-state index in [1.165, 1.54) is 5.56 Å². The number of rotatable bonds is 2. The number of imide groups is 1. The summed E-state index contributed by atoms with van der Waals surface area (Å²) < 4.78 is 5.34. The van der Waals surface area contributed by atoms with E-state index in [-0.39, 0.29) is 29.3 Å². The third-order valence-electron chi connectivity index (χ3n) is 4.66. The van der Waals surface area contributed by atoms with Gasteiger partial charge in [0, 0.05) is 13.5 Å². The van der Waals surface area contributed by atoms with Crippen LogP contribution in [0.15, 0.2) is 24.3 Å². The van der Waals surface area contributed by atoms with Crippen LogP contribution in [0.4, 0.5) is 0 Å². The van der Waals surface area contributed by atoms with Gasteiger partial charge in [0.1, 0.15) is 0 Å². The molecule has 106 valence electrons. The van der Waals surface area contributed by atoms with Crippen LogP contribution in [-0.2, 0) is 14.3 Å². The van der Waals surface area contributed by atoms with Gasteiger partial charge in [-0.15, -0.1) is 0 Å². The van der Waals surface area contributed by atoms with E-state index in [9.17, 15) is 9.59 Å². The number of nitrogens with one attached hydrogen (secondary N) is 1. The van der Waals surface area contributed by atoms with Crippen LogP contribution in [0.3, 0.4) is 0 Å². The van der Waals surface area contributed by atoms with E-state index in [0.717, 1.165) is 18.4 Å². The molecule has 1 saturated carbocycles. The van der Waals surface area contributed by atoms with Crippen molar-refractivity contribution >= 4 is 11.8 Å². The van der Waals surface area contributed by atoms with Gasteiger partial charge in [-0.3, -0.25) is 14.9 Å². The molecule has 2 amide bonds. The van der Waals surface area contributed by atoms with Crippen LogP contribution in [0.1, 0.15) is 36.3 Å². The fourth-order valence-electron chi connectivity index (χ4n) is 3.61. The summed E-state index contributed by atoms with van der Waals surface area (Å²) in [7, 11) is 1.68. The van der Waals surface area contributed by atoms with Crippen LogP contribution in [0.25, 0.3) is 0 Å². The Hall–Kier alpha value is -1.68. The lowest BCUT2D eigenvalue weighted by Crippen LogP contribution is -2.57. The zero-order valence-electron chi connectivity index (χ0n) is 11.8. The van der Waals surface area contributed by atoms with Crippen molar-refractivity contribution in [1.82, 2.24) is 5.32 Å². The highest BCUT2D eigenvalue weighted by molar-refractivity contribution is 6.02. The van der Waals surface area contributed by atoms with E-state index in [2.05, 4.69) is 5.32 Å². The number of hydrogen-bond donors (Lipinski definition) is 1. The number of carbonyl (C=O) groups is 2. The second kappa shape index (κ2) is 4.70. The molecule has 4 heteroatoms. The molecule has 1 atom stereocenters. The topological polar surface area (TPSA) is 55.4 Å². The smallest absolute Gasteiger partial charge is 0.234 e. The molecule has 1 aromatic carbocycles. The van der Waals surface area contributed by atoms with Crippen LogP contribution >= 0.6 is 0 Å². The number of carbonyl (C=O) groups excluding carboxylic acids is 2. The van der Waals surface area contributed by atoms with E-state index in [4.69, 9.17) is 4.74 Å². The van der Waals surface area contributed by atoms with Gasteiger partial charge < -0.3 is 4.74 Å². The Labute approximate surface area is 118 Å². The van der Waals surface area contributed by atoms with Crippen LogP contribution in [0, 0.1) is 12.3 Å². The first-order chi connectivity index (χ1) is 9.54. The van der Waals surface area contributed by atoms with Crippen LogP contribution in [-0.4, -0.2) is 25.0 Å². The van der Waals surface area contributed by atoms with Crippen molar-refractivity contribution < 1.29 is 14.3 Å². The van der Waals surface area contributed by atoms with Gasteiger partial charge in [0.2, 0.25) is 11.8 Å². The fourth-order valence-corrected chi connectivity index (χ4v) is 3.61. The summed E-state index contributed by atoms with van der Waals surface area (Å²) in [6.45, 7) is 2.02. The van der Waals surface area contributed by atoms with Crippen molar-refractivity contribution in [3.05, 3.63) is 35.4 Å². The molecule has 20 heavy (non-hydrogen) atoms. The molecule has 1 heterocycles.